The number of carbonyl (C=O) groups is 2. The molecule has 0 saturated heterocycles. The molecule has 0 heterocycles. The Kier molecular flexibility index (Phi) is 6.16. The van der Waals surface area contributed by atoms with Gasteiger partial charge < -0.3 is 10.6 Å². The Labute approximate surface area is 148 Å². The Morgan fingerprint density at radius 2 is 1.81 bits per heavy atom. The largest absolute Gasteiger partial charge is 0.471 e. The molecule has 136 valence electrons. The molecule has 0 atom stereocenters. The molecular formula is C19H17F3N2O2. The number of alkyl halides is 3. The maximum atomic E-state index is 12.3. The van der Waals surface area contributed by atoms with E-state index in [1.165, 1.54) is 24.3 Å². The quantitative estimate of drug-likeness (QED) is 0.795. The lowest BCUT2D eigenvalue weighted by molar-refractivity contribution is -0.167. The van der Waals surface area contributed by atoms with Crippen LogP contribution < -0.4 is 10.6 Å². The number of amides is 2. The van der Waals surface area contributed by atoms with Gasteiger partial charge in [-0.1, -0.05) is 42.0 Å². The van der Waals surface area contributed by atoms with Gasteiger partial charge in [-0.2, -0.15) is 13.2 Å². The topological polar surface area (TPSA) is 58.2 Å². The number of anilines is 1. The summed E-state index contributed by atoms with van der Waals surface area (Å²) in [5.74, 6) is -2.38. The summed E-state index contributed by atoms with van der Waals surface area (Å²) in [6.45, 7) is 2.06. The standard InChI is InChI=1S/C19H17F3N2O2/c1-13-4-2-5-14(10-13)8-9-17(25)23-12-15-6-3-7-16(11-15)24-18(26)19(20,21)22/h2-11H,12H2,1H3,(H,23,25)(H,24,26)/b9-8+. The smallest absolute Gasteiger partial charge is 0.348 e. The molecule has 0 saturated carbocycles. The van der Waals surface area contributed by atoms with E-state index in [1.807, 2.05) is 31.2 Å². The highest BCUT2D eigenvalue weighted by Crippen LogP contribution is 2.19. The van der Waals surface area contributed by atoms with Gasteiger partial charge in [0.1, 0.15) is 0 Å². The number of hydrogen-bond donors (Lipinski definition) is 2. The Morgan fingerprint density at radius 3 is 2.50 bits per heavy atom. The van der Waals surface area contributed by atoms with Crippen LogP contribution >= 0.6 is 0 Å². The number of rotatable bonds is 5. The van der Waals surface area contributed by atoms with Crippen molar-refractivity contribution in [1.29, 1.82) is 0 Å². The molecule has 2 aromatic carbocycles. The second-order valence-corrected chi connectivity index (χ2v) is 5.62. The van der Waals surface area contributed by atoms with E-state index in [0.717, 1.165) is 11.1 Å². The summed E-state index contributed by atoms with van der Waals surface area (Å²) in [7, 11) is 0. The maximum absolute atomic E-state index is 12.3. The molecule has 4 nitrogen and oxygen atoms in total. The second-order valence-electron chi connectivity index (χ2n) is 5.62. The lowest BCUT2D eigenvalue weighted by Crippen LogP contribution is -2.30. The fraction of sp³-hybridized carbons (Fsp3) is 0.158. The van der Waals surface area contributed by atoms with Gasteiger partial charge in [-0.25, -0.2) is 0 Å². The van der Waals surface area contributed by atoms with Crippen LogP contribution in [0.1, 0.15) is 16.7 Å². The van der Waals surface area contributed by atoms with E-state index in [0.29, 0.717) is 5.56 Å². The number of benzene rings is 2. The van der Waals surface area contributed by atoms with Crippen LogP contribution in [-0.4, -0.2) is 18.0 Å². The van der Waals surface area contributed by atoms with E-state index in [1.54, 1.807) is 17.5 Å². The van der Waals surface area contributed by atoms with E-state index in [9.17, 15) is 22.8 Å². The second kappa shape index (κ2) is 8.33. The van der Waals surface area contributed by atoms with Crippen LogP contribution in [-0.2, 0) is 16.1 Å². The SMILES string of the molecule is Cc1cccc(/C=C/C(=O)NCc2cccc(NC(=O)C(F)(F)F)c2)c1. The van der Waals surface area contributed by atoms with Gasteiger partial charge in [0.2, 0.25) is 5.91 Å². The first kappa shape index (κ1) is 19.2. The molecule has 7 heteroatoms. The average molecular weight is 362 g/mol. The van der Waals surface area contributed by atoms with Crippen LogP contribution in [0, 0.1) is 6.92 Å². The van der Waals surface area contributed by atoms with Crippen molar-refractivity contribution in [3.05, 3.63) is 71.3 Å². The van der Waals surface area contributed by atoms with E-state index in [2.05, 4.69) is 5.32 Å². The molecule has 0 aliphatic rings. The molecule has 2 aromatic rings. The lowest BCUT2D eigenvalue weighted by Gasteiger charge is -2.09. The zero-order chi connectivity index (χ0) is 19.2. The highest BCUT2D eigenvalue weighted by molar-refractivity contribution is 5.95. The van der Waals surface area contributed by atoms with Crippen molar-refractivity contribution in [2.45, 2.75) is 19.6 Å². The average Bonchev–Trinajstić information content (AvgIpc) is 2.58. The minimum atomic E-state index is -4.95. The normalized spacial score (nSPS) is 11.4. The zero-order valence-electron chi connectivity index (χ0n) is 13.9. The molecule has 2 amide bonds. The third-order valence-corrected chi connectivity index (χ3v) is 3.38. The zero-order valence-corrected chi connectivity index (χ0v) is 13.9. The predicted molar refractivity (Wildman–Crippen MR) is 93.2 cm³/mol. The van der Waals surface area contributed by atoms with Gasteiger partial charge in [0.15, 0.2) is 0 Å². The van der Waals surface area contributed by atoms with Crippen molar-refractivity contribution in [3.8, 4) is 0 Å². The first-order valence-electron chi connectivity index (χ1n) is 7.74. The highest BCUT2D eigenvalue weighted by atomic mass is 19.4. The van der Waals surface area contributed by atoms with Crippen molar-refractivity contribution in [2.75, 3.05) is 5.32 Å². The first-order chi connectivity index (χ1) is 12.2. The molecule has 0 aromatic heterocycles. The van der Waals surface area contributed by atoms with Crippen LogP contribution in [0.2, 0.25) is 0 Å². The minimum absolute atomic E-state index is 0.00868. The van der Waals surface area contributed by atoms with E-state index in [4.69, 9.17) is 0 Å². The molecule has 0 unspecified atom stereocenters. The van der Waals surface area contributed by atoms with Gasteiger partial charge in [0, 0.05) is 18.3 Å². The summed E-state index contributed by atoms with van der Waals surface area (Å²) >= 11 is 0. The summed E-state index contributed by atoms with van der Waals surface area (Å²) in [4.78, 5) is 22.8. The van der Waals surface area contributed by atoms with Crippen LogP contribution in [0.4, 0.5) is 18.9 Å². The number of hydrogen-bond acceptors (Lipinski definition) is 2. The van der Waals surface area contributed by atoms with Crippen LogP contribution in [0.3, 0.4) is 0 Å². The van der Waals surface area contributed by atoms with Crippen LogP contribution in [0.15, 0.2) is 54.6 Å². The van der Waals surface area contributed by atoms with Crippen molar-refractivity contribution < 1.29 is 22.8 Å². The molecule has 0 spiro atoms. The number of halogens is 3. The van der Waals surface area contributed by atoms with Gasteiger partial charge in [0.05, 0.1) is 0 Å². The van der Waals surface area contributed by atoms with Crippen molar-refractivity contribution >= 4 is 23.6 Å². The molecular weight excluding hydrogens is 345 g/mol. The minimum Gasteiger partial charge on any atom is -0.348 e. The van der Waals surface area contributed by atoms with Gasteiger partial charge in [-0.3, -0.25) is 9.59 Å². The molecule has 0 aliphatic heterocycles. The van der Waals surface area contributed by atoms with E-state index >= 15 is 0 Å². The molecule has 2 N–H and O–H groups in total. The number of carbonyl (C=O) groups excluding carboxylic acids is 2. The molecule has 26 heavy (non-hydrogen) atoms. The highest BCUT2D eigenvalue weighted by Gasteiger charge is 2.38. The van der Waals surface area contributed by atoms with Crippen LogP contribution in [0.25, 0.3) is 6.08 Å². The molecule has 0 bridgehead atoms. The van der Waals surface area contributed by atoms with E-state index in [-0.39, 0.29) is 18.1 Å². The molecule has 0 fully saturated rings. The number of aryl methyl sites for hydroxylation is 1. The third-order valence-electron chi connectivity index (χ3n) is 3.38. The Bertz CT molecular complexity index is 830. The van der Waals surface area contributed by atoms with Gasteiger partial charge >= 0.3 is 12.1 Å². The number of nitrogens with one attached hydrogen (secondary N) is 2. The van der Waals surface area contributed by atoms with Crippen LogP contribution in [0.5, 0.6) is 0 Å². The Morgan fingerprint density at radius 1 is 1.08 bits per heavy atom. The first-order valence-corrected chi connectivity index (χ1v) is 7.74. The maximum Gasteiger partial charge on any atom is 0.471 e. The predicted octanol–water partition coefficient (Wildman–Crippen LogP) is 3.83. The molecule has 0 aliphatic carbocycles. The van der Waals surface area contributed by atoms with Gasteiger partial charge in [0.25, 0.3) is 0 Å². The monoisotopic (exact) mass is 362 g/mol. The van der Waals surface area contributed by atoms with Gasteiger partial charge in [-0.05, 0) is 36.3 Å². The molecule has 0 radical (unpaired) electrons. The van der Waals surface area contributed by atoms with Crippen molar-refractivity contribution in [3.63, 3.8) is 0 Å². The van der Waals surface area contributed by atoms with Crippen molar-refractivity contribution in [2.24, 2.45) is 0 Å². The summed E-state index contributed by atoms with van der Waals surface area (Å²) in [6, 6.07) is 13.5. The molecule has 2 rings (SSSR count). The fourth-order valence-corrected chi connectivity index (χ4v) is 2.15. The lowest BCUT2D eigenvalue weighted by atomic mass is 10.1. The Hall–Kier alpha value is -3.09. The fourth-order valence-electron chi connectivity index (χ4n) is 2.15. The summed E-state index contributed by atoms with van der Waals surface area (Å²) in [6.07, 6.45) is -1.91. The van der Waals surface area contributed by atoms with E-state index < -0.39 is 12.1 Å². The van der Waals surface area contributed by atoms with Gasteiger partial charge in [-0.15, -0.1) is 0 Å². The summed E-state index contributed by atoms with van der Waals surface area (Å²) < 4.78 is 36.8. The third kappa shape index (κ3) is 6.08. The Balaban J connectivity index is 1.92. The summed E-state index contributed by atoms with van der Waals surface area (Å²) in [5.41, 5.74) is 2.53. The van der Waals surface area contributed by atoms with Crippen molar-refractivity contribution in [1.82, 2.24) is 5.32 Å². The summed E-state index contributed by atoms with van der Waals surface area (Å²) in [5, 5.41) is 4.41.